The van der Waals surface area contributed by atoms with Crippen LogP contribution in [0.5, 0.6) is 0 Å². The Kier molecular flexibility index (Phi) is 2.82. The molecule has 0 heterocycles. The third kappa shape index (κ3) is 2.01. The summed E-state index contributed by atoms with van der Waals surface area (Å²) < 4.78 is 0. The van der Waals surface area contributed by atoms with Crippen molar-refractivity contribution in [3.05, 3.63) is 0 Å². The van der Waals surface area contributed by atoms with Gasteiger partial charge in [0.25, 0.3) is 0 Å². The smallest absolute Gasteiger partial charge is 0.000377 e. The molecule has 0 aromatic carbocycles. The van der Waals surface area contributed by atoms with Crippen LogP contribution in [0.25, 0.3) is 0 Å². The second-order valence-electron chi connectivity index (χ2n) is 5.06. The van der Waals surface area contributed by atoms with Gasteiger partial charge in [-0.2, -0.15) is 0 Å². The molecule has 1 fully saturated rings. The van der Waals surface area contributed by atoms with Crippen LogP contribution in [0.2, 0.25) is 0 Å². The van der Waals surface area contributed by atoms with Gasteiger partial charge in [-0.3, -0.25) is 0 Å². The van der Waals surface area contributed by atoms with Gasteiger partial charge in [0.15, 0.2) is 0 Å². The lowest BCUT2D eigenvalue weighted by Crippen LogP contribution is -2.22. The number of hydrogen-bond acceptors (Lipinski definition) is 1. The van der Waals surface area contributed by atoms with E-state index in [1.165, 1.54) is 19.4 Å². The average molecular weight is 169 g/mol. The SMILES string of the molecule is CCC1(C)CC1[C@H](C)CN(C)C. The second-order valence-corrected chi connectivity index (χ2v) is 5.06. The lowest BCUT2D eigenvalue weighted by molar-refractivity contribution is 0.288. The summed E-state index contributed by atoms with van der Waals surface area (Å²) in [5.41, 5.74) is 0.690. The van der Waals surface area contributed by atoms with E-state index in [0.717, 1.165) is 11.8 Å². The molecule has 3 atom stereocenters. The molecule has 0 amide bonds. The van der Waals surface area contributed by atoms with Gasteiger partial charge in [0.05, 0.1) is 0 Å². The predicted octanol–water partition coefficient (Wildman–Crippen LogP) is 2.62. The molecule has 0 N–H and O–H groups in total. The molecule has 1 rings (SSSR count). The Morgan fingerprint density at radius 2 is 2.08 bits per heavy atom. The molecule has 1 aliphatic rings. The summed E-state index contributed by atoms with van der Waals surface area (Å²) in [7, 11) is 4.34. The summed E-state index contributed by atoms with van der Waals surface area (Å²) in [6.07, 6.45) is 2.81. The quantitative estimate of drug-likeness (QED) is 0.625. The van der Waals surface area contributed by atoms with Crippen molar-refractivity contribution in [2.45, 2.75) is 33.6 Å². The van der Waals surface area contributed by atoms with E-state index in [4.69, 9.17) is 0 Å². The molecule has 0 radical (unpaired) electrons. The molecule has 12 heavy (non-hydrogen) atoms. The first kappa shape index (κ1) is 10.0. The summed E-state index contributed by atoms with van der Waals surface area (Å²) in [5.74, 6) is 1.87. The maximum absolute atomic E-state index is 2.43. The first-order chi connectivity index (χ1) is 5.49. The van der Waals surface area contributed by atoms with E-state index in [1.807, 2.05) is 0 Å². The molecule has 2 unspecified atom stereocenters. The van der Waals surface area contributed by atoms with Gasteiger partial charge in [0.1, 0.15) is 0 Å². The molecule has 0 saturated heterocycles. The van der Waals surface area contributed by atoms with Crippen LogP contribution in [0.4, 0.5) is 0 Å². The molecule has 1 saturated carbocycles. The number of nitrogens with zero attached hydrogens (tertiary/aromatic N) is 1. The van der Waals surface area contributed by atoms with Gasteiger partial charge >= 0.3 is 0 Å². The topological polar surface area (TPSA) is 3.24 Å². The lowest BCUT2D eigenvalue weighted by atomic mass is 9.95. The fraction of sp³-hybridized carbons (Fsp3) is 1.00. The first-order valence-corrected chi connectivity index (χ1v) is 5.14. The summed E-state index contributed by atoms with van der Waals surface area (Å²) >= 11 is 0. The lowest BCUT2D eigenvalue weighted by Gasteiger charge is -2.19. The van der Waals surface area contributed by atoms with Gasteiger partial charge in [0, 0.05) is 6.54 Å². The van der Waals surface area contributed by atoms with Gasteiger partial charge in [-0.25, -0.2) is 0 Å². The van der Waals surface area contributed by atoms with Crippen LogP contribution in [0.1, 0.15) is 33.6 Å². The second kappa shape index (κ2) is 3.37. The summed E-state index contributed by atoms with van der Waals surface area (Å²) in [6.45, 7) is 8.40. The molecule has 72 valence electrons. The standard InChI is InChI=1S/C11H23N/c1-6-11(3)7-10(11)9(2)8-12(4)5/h9-10H,6-8H2,1-5H3/t9-,10?,11?/m1/s1. The van der Waals surface area contributed by atoms with Gasteiger partial charge in [0.2, 0.25) is 0 Å². The van der Waals surface area contributed by atoms with E-state index >= 15 is 0 Å². The van der Waals surface area contributed by atoms with Gasteiger partial charge < -0.3 is 4.90 Å². The molecule has 1 nitrogen and oxygen atoms in total. The summed E-state index contributed by atoms with van der Waals surface area (Å²) in [4.78, 5) is 2.30. The van der Waals surface area contributed by atoms with E-state index in [9.17, 15) is 0 Å². The van der Waals surface area contributed by atoms with E-state index in [2.05, 4.69) is 39.8 Å². The summed E-state index contributed by atoms with van der Waals surface area (Å²) in [5, 5.41) is 0. The third-order valence-corrected chi connectivity index (χ3v) is 3.57. The molecule has 0 aliphatic heterocycles. The van der Waals surface area contributed by atoms with Crippen molar-refractivity contribution in [3.8, 4) is 0 Å². The van der Waals surface area contributed by atoms with Crippen molar-refractivity contribution in [3.63, 3.8) is 0 Å². The molecule has 0 aromatic rings. The molecule has 0 bridgehead atoms. The number of hydrogen-bond donors (Lipinski definition) is 0. The number of rotatable bonds is 4. The molecule has 1 aliphatic carbocycles. The maximum atomic E-state index is 2.43. The minimum Gasteiger partial charge on any atom is -0.309 e. The molecule has 0 aromatic heterocycles. The Bertz CT molecular complexity index is 153. The highest BCUT2D eigenvalue weighted by Gasteiger charge is 2.50. The van der Waals surface area contributed by atoms with Crippen LogP contribution in [0.15, 0.2) is 0 Å². The van der Waals surface area contributed by atoms with Crippen LogP contribution >= 0.6 is 0 Å². The zero-order valence-corrected chi connectivity index (χ0v) is 9.22. The largest absolute Gasteiger partial charge is 0.309 e. The molecular weight excluding hydrogens is 146 g/mol. The Morgan fingerprint density at radius 1 is 1.50 bits per heavy atom. The highest BCUT2D eigenvalue weighted by Crippen LogP contribution is 2.58. The zero-order valence-electron chi connectivity index (χ0n) is 9.22. The van der Waals surface area contributed by atoms with Crippen LogP contribution in [-0.2, 0) is 0 Å². The third-order valence-electron chi connectivity index (χ3n) is 3.57. The van der Waals surface area contributed by atoms with Gasteiger partial charge in [-0.1, -0.05) is 27.2 Å². The Balaban J connectivity index is 2.32. The van der Waals surface area contributed by atoms with E-state index in [1.54, 1.807) is 0 Å². The maximum Gasteiger partial charge on any atom is 0.000377 e. The molecular formula is C11H23N. The normalized spacial score (nSPS) is 37.0. The fourth-order valence-corrected chi connectivity index (χ4v) is 2.44. The highest BCUT2D eigenvalue weighted by molar-refractivity contribution is 5.00. The van der Waals surface area contributed by atoms with Crippen LogP contribution in [0.3, 0.4) is 0 Å². The van der Waals surface area contributed by atoms with Crippen molar-refractivity contribution in [2.75, 3.05) is 20.6 Å². The minimum absolute atomic E-state index is 0.690. The van der Waals surface area contributed by atoms with E-state index in [-0.39, 0.29) is 0 Å². The van der Waals surface area contributed by atoms with Gasteiger partial charge in [-0.05, 0) is 37.8 Å². The van der Waals surface area contributed by atoms with E-state index in [0.29, 0.717) is 5.41 Å². The van der Waals surface area contributed by atoms with Crippen molar-refractivity contribution in [2.24, 2.45) is 17.3 Å². The Labute approximate surface area is 77.1 Å². The van der Waals surface area contributed by atoms with Gasteiger partial charge in [-0.15, -0.1) is 0 Å². The average Bonchev–Trinajstić information content (AvgIpc) is 2.62. The van der Waals surface area contributed by atoms with Crippen molar-refractivity contribution < 1.29 is 0 Å². The molecule has 1 heteroatoms. The summed E-state index contributed by atoms with van der Waals surface area (Å²) in [6, 6.07) is 0. The minimum atomic E-state index is 0.690. The highest BCUT2D eigenvalue weighted by atomic mass is 15.1. The van der Waals surface area contributed by atoms with Crippen molar-refractivity contribution in [1.82, 2.24) is 4.90 Å². The zero-order chi connectivity index (χ0) is 9.35. The first-order valence-electron chi connectivity index (χ1n) is 5.14. The predicted molar refractivity (Wildman–Crippen MR) is 54.2 cm³/mol. The van der Waals surface area contributed by atoms with E-state index < -0.39 is 0 Å². The van der Waals surface area contributed by atoms with Crippen LogP contribution in [0, 0.1) is 17.3 Å². The Hall–Kier alpha value is -0.0400. The van der Waals surface area contributed by atoms with Crippen molar-refractivity contribution in [1.29, 1.82) is 0 Å². The van der Waals surface area contributed by atoms with Crippen LogP contribution < -0.4 is 0 Å². The van der Waals surface area contributed by atoms with Crippen molar-refractivity contribution >= 4 is 0 Å². The Morgan fingerprint density at radius 3 is 2.42 bits per heavy atom. The van der Waals surface area contributed by atoms with Crippen LogP contribution in [-0.4, -0.2) is 25.5 Å². The fourth-order valence-electron chi connectivity index (χ4n) is 2.44. The monoisotopic (exact) mass is 169 g/mol. The molecule has 0 spiro atoms.